The second kappa shape index (κ2) is 6.20. The zero-order chi connectivity index (χ0) is 17.6. The van der Waals surface area contributed by atoms with E-state index in [1.165, 1.54) is 0 Å². The molecule has 1 fully saturated rings. The highest BCUT2D eigenvalue weighted by atomic mass is 16.5. The number of hydrogen-bond donors (Lipinski definition) is 1. The molecule has 132 valence electrons. The van der Waals surface area contributed by atoms with Gasteiger partial charge in [-0.3, -0.25) is 14.7 Å². The predicted octanol–water partition coefficient (Wildman–Crippen LogP) is 1.67. The number of aryl methyl sites for hydroxylation is 3. The maximum atomic E-state index is 5.59. The molecule has 1 aliphatic heterocycles. The average molecular weight is 341 g/mol. The Morgan fingerprint density at radius 2 is 2.20 bits per heavy atom. The van der Waals surface area contributed by atoms with E-state index in [0.29, 0.717) is 0 Å². The van der Waals surface area contributed by atoms with Gasteiger partial charge in [0.15, 0.2) is 11.5 Å². The number of ether oxygens (including phenoxy) is 1. The largest absolute Gasteiger partial charge is 0.380 e. The van der Waals surface area contributed by atoms with Crippen molar-refractivity contribution < 1.29 is 4.74 Å². The maximum absolute atomic E-state index is 5.59. The molecule has 25 heavy (non-hydrogen) atoms. The smallest absolute Gasteiger partial charge is 0.167 e. The van der Waals surface area contributed by atoms with E-state index in [-0.39, 0.29) is 12.1 Å². The van der Waals surface area contributed by atoms with E-state index in [2.05, 4.69) is 36.2 Å². The van der Waals surface area contributed by atoms with Gasteiger partial charge >= 0.3 is 0 Å². The third-order valence-corrected chi connectivity index (χ3v) is 4.92. The molecule has 0 amide bonds. The van der Waals surface area contributed by atoms with E-state index in [9.17, 15) is 0 Å². The Hall–Kier alpha value is -2.32. The molecule has 3 aromatic rings. The summed E-state index contributed by atoms with van der Waals surface area (Å²) in [5.74, 6) is 1.67. The van der Waals surface area contributed by atoms with Gasteiger partial charge in [-0.15, -0.1) is 0 Å². The van der Waals surface area contributed by atoms with E-state index in [1.807, 2.05) is 31.8 Å². The molecule has 4 rings (SSSR count). The first-order chi connectivity index (χ1) is 12.0. The first-order valence-electron chi connectivity index (χ1n) is 8.49. The fourth-order valence-electron chi connectivity index (χ4n) is 3.66. The number of nitrogens with one attached hydrogen (secondary N) is 1. The van der Waals surface area contributed by atoms with Gasteiger partial charge in [0.1, 0.15) is 5.82 Å². The second-order valence-electron chi connectivity index (χ2n) is 6.74. The number of aromatic amines is 1. The molecule has 1 saturated heterocycles. The lowest BCUT2D eigenvalue weighted by Gasteiger charge is -2.21. The van der Waals surface area contributed by atoms with Crippen molar-refractivity contribution >= 4 is 11.0 Å². The van der Waals surface area contributed by atoms with E-state index in [0.717, 1.165) is 53.4 Å². The lowest BCUT2D eigenvalue weighted by Crippen LogP contribution is -2.25. The normalized spacial score (nSPS) is 21.4. The predicted molar refractivity (Wildman–Crippen MR) is 92.9 cm³/mol. The molecular formula is C17H23N7O. The Morgan fingerprint density at radius 3 is 2.92 bits per heavy atom. The van der Waals surface area contributed by atoms with Crippen molar-refractivity contribution in [2.75, 3.05) is 13.7 Å². The molecule has 0 unspecified atom stereocenters. The first kappa shape index (κ1) is 16.2. The molecular weight excluding hydrogens is 318 g/mol. The highest BCUT2D eigenvalue weighted by Crippen LogP contribution is 2.33. The van der Waals surface area contributed by atoms with Crippen LogP contribution in [0.5, 0.6) is 0 Å². The molecule has 4 heterocycles. The van der Waals surface area contributed by atoms with Crippen LogP contribution in [0.3, 0.4) is 0 Å². The summed E-state index contributed by atoms with van der Waals surface area (Å²) < 4.78 is 7.42. The summed E-state index contributed by atoms with van der Waals surface area (Å²) in [7, 11) is 3.69. The van der Waals surface area contributed by atoms with Gasteiger partial charge < -0.3 is 4.74 Å². The standard InChI is InChI=1S/C17H23N7O/c1-10-14-5-12(7-18-17(14)23(3)22-10)8-24-9-13(25-4)6-15(24)16-19-11(2)20-21-16/h5,7,13,15H,6,8-9H2,1-4H3,(H,19,20,21)/t13-,15+/m1/s1. The fraction of sp³-hybridized carbons (Fsp3) is 0.529. The highest BCUT2D eigenvalue weighted by molar-refractivity contribution is 5.78. The SMILES string of the molecule is CO[C@@H]1C[C@@H](c2n[nH]c(C)n2)N(Cc2cnc3c(c2)c(C)nn3C)C1. The summed E-state index contributed by atoms with van der Waals surface area (Å²) in [6.07, 6.45) is 3.03. The van der Waals surface area contributed by atoms with Crippen LogP contribution >= 0.6 is 0 Å². The van der Waals surface area contributed by atoms with Crippen LogP contribution in [0.15, 0.2) is 12.3 Å². The molecule has 8 nitrogen and oxygen atoms in total. The maximum Gasteiger partial charge on any atom is 0.167 e. The summed E-state index contributed by atoms with van der Waals surface area (Å²) in [6.45, 7) is 5.59. The molecule has 8 heteroatoms. The van der Waals surface area contributed by atoms with Gasteiger partial charge in [0.05, 0.1) is 17.8 Å². The molecule has 3 aromatic heterocycles. The average Bonchev–Trinajstić information content (AvgIpc) is 3.26. The molecule has 0 bridgehead atoms. The van der Waals surface area contributed by atoms with E-state index in [1.54, 1.807) is 7.11 Å². The van der Waals surface area contributed by atoms with Crippen LogP contribution in [-0.2, 0) is 18.3 Å². The minimum Gasteiger partial charge on any atom is -0.380 e. The molecule has 0 aliphatic carbocycles. The second-order valence-corrected chi connectivity index (χ2v) is 6.74. The van der Waals surface area contributed by atoms with E-state index in [4.69, 9.17) is 4.74 Å². The van der Waals surface area contributed by atoms with Crippen molar-refractivity contribution in [1.82, 2.24) is 34.8 Å². The Morgan fingerprint density at radius 1 is 1.36 bits per heavy atom. The number of nitrogens with zero attached hydrogens (tertiary/aromatic N) is 6. The van der Waals surface area contributed by atoms with Gasteiger partial charge in [-0.2, -0.15) is 10.2 Å². The number of rotatable bonds is 4. The highest BCUT2D eigenvalue weighted by Gasteiger charge is 2.35. The Kier molecular flexibility index (Phi) is 4.01. The van der Waals surface area contributed by atoms with Gasteiger partial charge in [-0.05, 0) is 31.9 Å². The van der Waals surface area contributed by atoms with Gasteiger partial charge in [0.25, 0.3) is 0 Å². The number of H-pyrrole nitrogens is 1. The van der Waals surface area contributed by atoms with Crippen LogP contribution in [0.25, 0.3) is 11.0 Å². The van der Waals surface area contributed by atoms with Gasteiger partial charge in [-0.25, -0.2) is 9.97 Å². The van der Waals surface area contributed by atoms with Crippen LogP contribution in [0.4, 0.5) is 0 Å². The third kappa shape index (κ3) is 2.91. The molecule has 0 aromatic carbocycles. The Bertz CT molecular complexity index is 900. The molecule has 2 atom stereocenters. The first-order valence-corrected chi connectivity index (χ1v) is 8.49. The van der Waals surface area contributed by atoms with Crippen LogP contribution in [-0.4, -0.2) is 54.6 Å². The molecule has 0 saturated carbocycles. The van der Waals surface area contributed by atoms with E-state index < -0.39 is 0 Å². The van der Waals surface area contributed by atoms with Crippen molar-refractivity contribution in [2.45, 2.75) is 39.0 Å². The monoisotopic (exact) mass is 341 g/mol. The van der Waals surface area contributed by atoms with Gasteiger partial charge in [-0.1, -0.05) is 0 Å². The third-order valence-electron chi connectivity index (χ3n) is 4.92. The van der Waals surface area contributed by atoms with Crippen LogP contribution < -0.4 is 0 Å². The van der Waals surface area contributed by atoms with Crippen molar-refractivity contribution in [2.24, 2.45) is 7.05 Å². The molecule has 1 aliphatic rings. The zero-order valence-corrected chi connectivity index (χ0v) is 15.0. The van der Waals surface area contributed by atoms with Crippen molar-refractivity contribution in [3.63, 3.8) is 0 Å². The minimum absolute atomic E-state index is 0.153. The zero-order valence-electron chi connectivity index (χ0n) is 15.0. The fourth-order valence-corrected chi connectivity index (χ4v) is 3.66. The molecule has 0 spiro atoms. The van der Waals surface area contributed by atoms with Gasteiger partial charge in [0, 0.05) is 38.8 Å². The number of aromatic nitrogens is 6. The summed E-state index contributed by atoms with van der Waals surface area (Å²) in [4.78, 5) is 11.5. The number of fused-ring (bicyclic) bond motifs is 1. The lowest BCUT2D eigenvalue weighted by molar-refractivity contribution is 0.107. The Labute approximate surface area is 146 Å². The number of pyridine rings is 1. The topological polar surface area (TPSA) is 84.8 Å². The lowest BCUT2D eigenvalue weighted by atomic mass is 10.1. The van der Waals surface area contributed by atoms with Crippen molar-refractivity contribution in [1.29, 1.82) is 0 Å². The van der Waals surface area contributed by atoms with Crippen molar-refractivity contribution in [3.05, 3.63) is 35.2 Å². The van der Waals surface area contributed by atoms with E-state index >= 15 is 0 Å². The summed E-state index contributed by atoms with van der Waals surface area (Å²) >= 11 is 0. The summed E-state index contributed by atoms with van der Waals surface area (Å²) in [5.41, 5.74) is 3.08. The molecule has 0 radical (unpaired) electrons. The number of hydrogen-bond acceptors (Lipinski definition) is 6. The minimum atomic E-state index is 0.153. The number of likely N-dealkylation sites (tertiary alicyclic amines) is 1. The molecule has 1 N–H and O–H groups in total. The summed E-state index contributed by atoms with van der Waals surface area (Å²) in [5, 5.41) is 12.9. The van der Waals surface area contributed by atoms with Crippen molar-refractivity contribution in [3.8, 4) is 0 Å². The summed E-state index contributed by atoms with van der Waals surface area (Å²) in [6, 6.07) is 2.34. The quantitative estimate of drug-likeness (QED) is 0.777. The Balaban J connectivity index is 1.62. The van der Waals surface area contributed by atoms with Crippen LogP contribution in [0.1, 0.15) is 35.4 Å². The van der Waals surface area contributed by atoms with Gasteiger partial charge in [0.2, 0.25) is 0 Å². The number of methoxy groups -OCH3 is 1. The van der Waals surface area contributed by atoms with Crippen LogP contribution in [0.2, 0.25) is 0 Å². The van der Waals surface area contributed by atoms with Crippen LogP contribution in [0, 0.1) is 13.8 Å².